The van der Waals surface area contributed by atoms with E-state index in [4.69, 9.17) is 0 Å². The number of likely N-dealkylation sites (N-methyl/N-ethyl adjacent to an activating group) is 1. The number of carboxylic acid groups (broad SMARTS) is 1. The topological polar surface area (TPSA) is 57.6 Å². The van der Waals surface area contributed by atoms with Crippen LogP contribution in [0.25, 0.3) is 0 Å². The minimum atomic E-state index is -1.13. The van der Waals surface area contributed by atoms with Gasteiger partial charge in [-0.3, -0.25) is 4.79 Å². The smallest absolute Gasteiger partial charge is 0.329 e. The van der Waals surface area contributed by atoms with Crippen LogP contribution in [0.1, 0.15) is 175 Å². The molecule has 36 heavy (non-hydrogen) atoms. The largest absolute Gasteiger partial charge is 0.479 e. The van der Waals surface area contributed by atoms with E-state index in [0.717, 1.165) is 32.1 Å². The predicted octanol–water partition coefficient (Wildman–Crippen LogP) is 9.94. The summed E-state index contributed by atoms with van der Waals surface area (Å²) < 4.78 is 0. The van der Waals surface area contributed by atoms with Gasteiger partial charge in [0.25, 0.3) is 0 Å². The normalized spacial score (nSPS) is 13.9. The lowest BCUT2D eigenvalue weighted by Gasteiger charge is -2.40. The first-order chi connectivity index (χ1) is 17.3. The number of hydrogen-bond donors (Lipinski definition) is 1. The van der Waals surface area contributed by atoms with E-state index < -0.39 is 11.5 Å². The van der Waals surface area contributed by atoms with Crippen LogP contribution in [0.3, 0.4) is 0 Å². The monoisotopic (exact) mass is 509 g/mol. The van der Waals surface area contributed by atoms with E-state index >= 15 is 0 Å². The van der Waals surface area contributed by atoms with Crippen molar-refractivity contribution < 1.29 is 14.7 Å². The lowest BCUT2D eigenvalue weighted by molar-refractivity contribution is -0.160. The molecule has 0 spiro atoms. The van der Waals surface area contributed by atoms with Gasteiger partial charge in [0.2, 0.25) is 5.91 Å². The van der Waals surface area contributed by atoms with Gasteiger partial charge in [0.15, 0.2) is 0 Å². The first-order valence-electron chi connectivity index (χ1n) is 15.8. The van der Waals surface area contributed by atoms with E-state index in [1.54, 1.807) is 14.0 Å². The van der Waals surface area contributed by atoms with Crippen molar-refractivity contribution in [2.45, 2.75) is 181 Å². The van der Waals surface area contributed by atoms with Crippen LogP contribution in [0.15, 0.2) is 0 Å². The van der Waals surface area contributed by atoms with E-state index in [1.165, 1.54) is 114 Å². The molecule has 0 radical (unpaired) electrons. The highest BCUT2D eigenvalue weighted by Crippen LogP contribution is 2.30. The Morgan fingerprint density at radius 2 is 0.972 bits per heavy atom. The second kappa shape index (κ2) is 23.1. The third kappa shape index (κ3) is 15.9. The zero-order valence-corrected chi connectivity index (χ0v) is 25.1. The third-order valence-corrected chi connectivity index (χ3v) is 8.45. The molecule has 0 saturated carbocycles. The highest BCUT2D eigenvalue weighted by Gasteiger charge is 2.44. The van der Waals surface area contributed by atoms with Crippen LogP contribution in [0.5, 0.6) is 0 Å². The Labute approximate surface area is 225 Å². The van der Waals surface area contributed by atoms with E-state index in [9.17, 15) is 14.7 Å². The van der Waals surface area contributed by atoms with Gasteiger partial charge < -0.3 is 10.0 Å². The van der Waals surface area contributed by atoms with Crippen LogP contribution < -0.4 is 0 Å². The standard InChI is InChI=1S/C32H63NO3/c1-6-8-10-12-14-16-17-18-20-21-23-25-27-29(3)32(4,31(35)36)33(5)30(34)28-26-24-22-19-15-13-11-9-7-2/h29H,6-28H2,1-5H3,(H,35,36)/t29?,32-/m1/s1. The Hall–Kier alpha value is -1.06. The molecule has 4 nitrogen and oxygen atoms in total. The quantitative estimate of drug-likeness (QED) is 0.118. The maximum atomic E-state index is 12.8. The van der Waals surface area contributed by atoms with Crippen LogP contribution in [-0.2, 0) is 9.59 Å². The van der Waals surface area contributed by atoms with Gasteiger partial charge in [-0.15, -0.1) is 0 Å². The van der Waals surface area contributed by atoms with Crippen molar-refractivity contribution in [3.05, 3.63) is 0 Å². The Bertz CT molecular complexity index is 535. The number of nitrogens with zero attached hydrogens (tertiary/aromatic N) is 1. The number of hydrogen-bond acceptors (Lipinski definition) is 2. The van der Waals surface area contributed by atoms with Crippen molar-refractivity contribution in [2.75, 3.05) is 7.05 Å². The average molecular weight is 510 g/mol. The molecule has 1 amide bonds. The first kappa shape index (κ1) is 34.9. The first-order valence-corrected chi connectivity index (χ1v) is 15.8. The molecule has 0 fully saturated rings. The molecule has 0 aromatic carbocycles. The highest BCUT2D eigenvalue weighted by atomic mass is 16.4. The van der Waals surface area contributed by atoms with Crippen molar-refractivity contribution in [1.82, 2.24) is 4.90 Å². The van der Waals surface area contributed by atoms with E-state index in [-0.39, 0.29) is 11.8 Å². The summed E-state index contributed by atoms with van der Waals surface area (Å²) in [6, 6.07) is 0. The predicted molar refractivity (Wildman–Crippen MR) is 156 cm³/mol. The summed E-state index contributed by atoms with van der Waals surface area (Å²) in [5, 5.41) is 10.0. The fourth-order valence-corrected chi connectivity index (χ4v) is 5.27. The Balaban J connectivity index is 4.12. The molecule has 1 N–H and O–H groups in total. The second-order valence-corrected chi connectivity index (χ2v) is 11.6. The van der Waals surface area contributed by atoms with Gasteiger partial charge >= 0.3 is 5.97 Å². The average Bonchev–Trinajstić information content (AvgIpc) is 2.86. The summed E-state index contributed by atoms with van der Waals surface area (Å²) in [4.78, 5) is 26.6. The number of rotatable bonds is 26. The van der Waals surface area contributed by atoms with Crippen molar-refractivity contribution in [3.63, 3.8) is 0 Å². The van der Waals surface area contributed by atoms with Crippen LogP contribution in [0.4, 0.5) is 0 Å². The molecule has 4 heteroatoms. The van der Waals surface area contributed by atoms with Gasteiger partial charge in [-0.1, -0.05) is 149 Å². The number of carbonyl (C=O) groups excluding carboxylic acids is 1. The number of aliphatic carboxylic acids is 1. The second-order valence-electron chi connectivity index (χ2n) is 11.6. The summed E-state index contributed by atoms with van der Waals surface area (Å²) in [5.74, 6) is -0.962. The molecule has 0 aliphatic rings. The molecular formula is C32H63NO3. The Morgan fingerprint density at radius 1 is 0.639 bits per heavy atom. The maximum Gasteiger partial charge on any atom is 0.329 e. The highest BCUT2D eigenvalue weighted by molar-refractivity contribution is 5.86. The molecule has 214 valence electrons. The van der Waals surface area contributed by atoms with Gasteiger partial charge in [-0.25, -0.2) is 4.79 Å². The SMILES string of the molecule is CCCCCCCCCCCCCCC(C)[C@](C)(C(=O)O)N(C)C(=O)CCCCCCCCCCC. The Kier molecular flexibility index (Phi) is 22.4. The summed E-state index contributed by atoms with van der Waals surface area (Å²) >= 11 is 0. The molecule has 0 aromatic rings. The minimum Gasteiger partial charge on any atom is -0.479 e. The van der Waals surface area contributed by atoms with Crippen molar-refractivity contribution in [3.8, 4) is 0 Å². The molecule has 0 rings (SSSR count). The molecule has 0 saturated heterocycles. The molecule has 0 bridgehead atoms. The van der Waals surface area contributed by atoms with Crippen LogP contribution in [0.2, 0.25) is 0 Å². The number of amides is 1. The lowest BCUT2D eigenvalue weighted by atomic mass is 9.81. The zero-order valence-electron chi connectivity index (χ0n) is 25.1. The van der Waals surface area contributed by atoms with Gasteiger partial charge in [0, 0.05) is 13.5 Å². The van der Waals surface area contributed by atoms with Crippen molar-refractivity contribution >= 4 is 11.9 Å². The lowest BCUT2D eigenvalue weighted by Crippen LogP contribution is -2.57. The fraction of sp³-hybridized carbons (Fsp3) is 0.938. The van der Waals surface area contributed by atoms with Crippen LogP contribution >= 0.6 is 0 Å². The van der Waals surface area contributed by atoms with Crippen LogP contribution in [0, 0.1) is 5.92 Å². The fourth-order valence-electron chi connectivity index (χ4n) is 5.27. The van der Waals surface area contributed by atoms with Gasteiger partial charge in [0.05, 0.1) is 0 Å². The molecular weight excluding hydrogens is 446 g/mol. The number of carboxylic acids is 1. The number of carbonyl (C=O) groups is 2. The summed E-state index contributed by atoms with van der Waals surface area (Å²) in [6.45, 7) is 8.26. The van der Waals surface area contributed by atoms with Crippen molar-refractivity contribution in [2.24, 2.45) is 5.92 Å². The summed E-state index contributed by atoms with van der Waals surface area (Å²) in [5.41, 5.74) is -1.13. The summed E-state index contributed by atoms with van der Waals surface area (Å²) in [7, 11) is 1.70. The molecule has 0 aliphatic heterocycles. The number of unbranched alkanes of at least 4 members (excludes halogenated alkanes) is 19. The van der Waals surface area contributed by atoms with E-state index in [0.29, 0.717) is 6.42 Å². The third-order valence-electron chi connectivity index (χ3n) is 8.45. The molecule has 1 unspecified atom stereocenters. The van der Waals surface area contributed by atoms with Gasteiger partial charge in [-0.05, 0) is 25.7 Å². The molecule has 0 aliphatic carbocycles. The Morgan fingerprint density at radius 3 is 1.33 bits per heavy atom. The van der Waals surface area contributed by atoms with E-state index in [2.05, 4.69) is 13.8 Å². The van der Waals surface area contributed by atoms with Gasteiger partial charge in [-0.2, -0.15) is 0 Å². The minimum absolute atomic E-state index is 0.0237. The zero-order chi connectivity index (χ0) is 27.1. The molecule has 0 heterocycles. The summed E-state index contributed by atoms with van der Waals surface area (Å²) in [6.07, 6.45) is 27.9. The van der Waals surface area contributed by atoms with Gasteiger partial charge in [0.1, 0.15) is 5.54 Å². The molecule has 0 aromatic heterocycles. The van der Waals surface area contributed by atoms with E-state index in [1.807, 2.05) is 6.92 Å². The maximum absolute atomic E-state index is 12.8. The van der Waals surface area contributed by atoms with Crippen molar-refractivity contribution in [1.29, 1.82) is 0 Å². The van der Waals surface area contributed by atoms with Crippen LogP contribution in [-0.4, -0.2) is 34.5 Å². The molecule has 2 atom stereocenters.